The maximum absolute atomic E-state index is 6.38. The van der Waals surface area contributed by atoms with E-state index in [1.165, 1.54) is 34.4 Å². The van der Waals surface area contributed by atoms with Crippen molar-refractivity contribution in [2.45, 2.75) is 16.4 Å². The highest BCUT2D eigenvalue weighted by Crippen LogP contribution is 2.70. The molecule has 3 unspecified atom stereocenters. The number of thiophene rings is 1. The van der Waals surface area contributed by atoms with Gasteiger partial charge in [0.05, 0.1) is 23.5 Å². The van der Waals surface area contributed by atoms with Crippen LogP contribution in [0.15, 0.2) is 102 Å². The van der Waals surface area contributed by atoms with Crippen LogP contribution in [-0.2, 0) is 16.4 Å². The number of furan rings is 1. The Bertz CT molecular complexity index is 1680. The third-order valence-corrected chi connectivity index (χ3v) is 10.6. The van der Waals surface area contributed by atoms with Gasteiger partial charge in [-0.2, -0.15) is 4.37 Å². The smallest absolute Gasteiger partial charge is 0.211 e. The minimum absolute atomic E-state index is 0.388. The molecule has 8 rings (SSSR count). The molecule has 0 N–H and O–H groups in total. The molecule has 0 saturated carbocycles. The second kappa shape index (κ2) is 9.02. The van der Waals surface area contributed by atoms with Crippen molar-refractivity contribution < 1.29 is 13.4 Å². The summed E-state index contributed by atoms with van der Waals surface area (Å²) in [6, 6.07) is 11.9. The van der Waals surface area contributed by atoms with Crippen molar-refractivity contribution in [2.75, 3.05) is 11.4 Å². The minimum atomic E-state index is -1.26. The lowest BCUT2D eigenvalue weighted by Crippen LogP contribution is -2.61. The van der Waals surface area contributed by atoms with E-state index in [4.69, 9.17) is 27.7 Å². The van der Waals surface area contributed by atoms with Gasteiger partial charge in [0, 0.05) is 34.4 Å². The zero-order chi connectivity index (χ0) is 26.6. The van der Waals surface area contributed by atoms with E-state index in [-0.39, 0.29) is 0 Å². The van der Waals surface area contributed by atoms with Crippen LogP contribution in [0.5, 0.6) is 0 Å². The van der Waals surface area contributed by atoms with E-state index in [0.717, 1.165) is 15.6 Å². The SMILES string of the molecule is c1coc(C2(c3cccs3)CN(c3csnn3)C(c3ccsn3)(c3nccs3)C2(c2ccon2)c2ncco2)c1. The van der Waals surface area contributed by atoms with Crippen LogP contribution in [0.4, 0.5) is 5.82 Å². The fourth-order valence-electron chi connectivity index (χ4n) is 6.39. The van der Waals surface area contributed by atoms with E-state index < -0.39 is 16.4 Å². The number of nitrogens with zero attached hydrogens (tertiary/aromatic N) is 7. The maximum atomic E-state index is 6.38. The van der Waals surface area contributed by atoms with Gasteiger partial charge in [0.15, 0.2) is 11.4 Å². The molecule has 8 heterocycles. The van der Waals surface area contributed by atoms with E-state index in [1.807, 2.05) is 46.5 Å². The molecule has 0 aromatic carbocycles. The van der Waals surface area contributed by atoms with E-state index in [1.54, 1.807) is 42.5 Å². The first-order chi connectivity index (χ1) is 19.8. The summed E-state index contributed by atoms with van der Waals surface area (Å²) in [6.45, 7) is 0.388. The normalized spacial score (nSPS) is 24.6. The molecule has 1 aliphatic heterocycles. The molecule has 3 atom stereocenters. The average molecular weight is 604 g/mol. The highest BCUT2D eigenvalue weighted by Gasteiger charge is 2.81. The van der Waals surface area contributed by atoms with Gasteiger partial charge in [-0.25, -0.2) is 9.97 Å². The van der Waals surface area contributed by atoms with Crippen LogP contribution in [-0.4, -0.2) is 35.6 Å². The molecule has 1 saturated heterocycles. The van der Waals surface area contributed by atoms with Crippen LogP contribution in [0.25, 0.3) is 0 Å². The van der Waals surface area contributed by atoms with Crippen molar-refractivity contribution in [2.24, 2.45) is 0 Å². The summed E-state index contributed by atoms with van der Waals surface area (Å²) in [5.74, 6) is 1.79. The maximum Gasteiger partial charge on any atom is 0.211 e. The lowest BCUT2D eigenvalue weighted by molar-refractivity contribution is 0.190. The molecule has 0 spiro atoms. The number of hydrogen-bond donors (Lipinski definition) is 0. The van der Waals surface area contributed by atoms with Gasteiger partial charge in [0.25, 0.3) is 0 Å². The Kier molecular flexibility index (Phi) is 5.38. The molecule has 14 heteroatoms. The average Bonchev–Trinajstić information content (AvgIpc) is 3.85. The fourth-order valence-corrected chi connectivity index (χ4v) is 9.28. The predicted octanol–water partition coefficient (Wildman–Crippen LogP) is 5.82. The first kappa shape index (κ1) is 23.9. The first-order valence-corrected chi connectivity index (χ1v) is 15.5. The van der Waals surface area contributed by atoms with Crippen molar-refractivity contribution in [1.82, 2.24) is 29.1 Å². The van der Waals surface area contributed by atoms with Crippen LogP contribution in [0, 0.1) is 0 Å². The molecular formula is C26H17N7O3S4. The lowest BCUT2D eigenvalue weighted by atomic mass is 9.53. The minimum Gasteiger partial charge on any atom is -0.468 e. The molecular weight excluding hydrogens is 587 g/mol. The number of anilines is 1. The van der Waals surface area contributed by atoms with Crippen molar-refractivity contribution >= 4 is 51.6 Å². The molecule has 198 valence electrons. The van der Waals surface area contributed by atoms with Crippen LogP contribution in [0.1, 0.15) is 32.9 Å². The van der Waals surface area contributed by atoms with Gasteiger partial charge in [0.2, 0.25) is 5.89 Å². The molecule has 0 aliphatic carbocycles. The summed E-state index contributed by atoms with van der Waals surface area (Å²) in [4.78, 5) is 13.1. The van der Waals surface area contributed by atoms with Gasteiger partial charge in [-0.3, -0.25) is 0 Å². The van der Waals surface area contributed by atoms with Gasteiger partial charge in [-0.15, -0.1) is 27.8 Å². The molecule has 40 heavy (non-hydrogen) atoms. The Morgan fingerprint density at radius 1 is 0.850 bits per heavy atom. The molecule has 1 fully saturated rings. The molecule has 10 nitrogen and oxygen atoms in total. The highest BCUT2D eigenvalue weighted by molar-refractivity contribution is 7.10. The van der Waals surface area contributed by atoms with Crippen molar-refractivity contribution in [3.05, 3.63) is 122 Å². The quantitative estimate of drug-likeness (QED) is 0.220. The molecule has 0 radical (unpaired) electrons. The number of hydrogen-bond acceptors (Lipinski definition) is 14. The summed E-state index contributed by atoms with van der Waals surface area (Å²) in [5, 5.41) is 17.9. The summed E-state index contributed by atoms with van der Waals surface area (Å²) in [6.07, 6.45) is 8.29. The van der Waals surface area contributed by atoms with Crippen LogP contribution >= 0.6 is 45.7 Å². The second-order valence-corrected chi connectivity index (χ2v) is 12.2. The summed E-state index contributed by atoms with van der Waals surface area (Å²) >= 11 is 5.79. The largest absolute Gasteiger partial charge is 0.468 e. The van der Waals surface area contributed by atoms with Crippen molar-refractivity contribution in [1.29, 1.82) is 0 Å². The van der Waals surface area contributed by atoms with Gasteiger partial charge in [-0.05, 0) is 52.7 Å². The van der Waals surface area contributed by atoms with E-state index >= 15 is 0 Å². The number of oxazole rings is 1. The number of thiazole rings is 1. The Balaban J connectivity index is 1.67. The third-order valence-electron chi connectivity index (χ3n) is 7.62. The molecule has 0 bridgehead atoms. The summed E-state index contributed by atoms with van der Waals surface area (Å²) in [5.41, 5.74) is -2.06. The van der Waals surface area contributed by atoms with Crippen molar-refractivity contribution in [3.8, 4) is 0 Å². The zero-order valence-electron chi connectivity index (χ0n) is 20.4. The predicted molar refractivity (Wildman–Crippen MR) is 150 cm³/mol. The summed E-state index contributed by atoms with van der Waals surface area (Å²) < 4.78 is 27.6. The fraction of sp³-hybridized carbons (Fsp3) is 0.154. The van der Waals surface area contributed by atoms with E-state index in [0.29, 0.717) is 29.7 Å². The van der Waals surface area contributed by atoms with E-state index in [2.05, 4.69) is 31.1 Å². The molecule has 7 aromatic heterocycles. The van der Waals surface area contributed by atoms with Gasteiger partial charge >= 0.3 is 0 Å². The monoisotopic (exact) mass is 603 g/mol. The van der Waals surface area contributed by atoms with Crippen LogP contribution in [0.2, 0.25) is 0 Å². The van der Waals surface area contributed by atoms with Crippen molar-refractivity contribution in [3.63, 3.8) is 0 Å². The second-order valence-electron chi connectivity index (χ2n) is 9.11. The Labute approximate surface area is 242 Å². The first-order valence-electron chi connectivity index (χ1n) is 12.1. The Morgan fingerprint density at radius 3 is 2.50 bits per heavy atom. The Hall–Kier alpha value is -3.98. The van der Waals surface area contributed by atoms with Gasteiger partial charge < -0.3 is 18.3 Å². The number of aromatic nitrogens is 6. The zero-order valence-corrected chi connectivity index (χ0v) is 23.6. The Morgan fingerprint density at radius 2 is 1.85 bits per heavy atom. The molecule has 0 amide bonds. The van der Waals surface area contributed by atoms with Gasteiger partial charge in [0.1, 0.15) is 39.8 Å². The van der Waals surface area contributed by atoms with Crippen LogP contribution < -0.4 is 4.90 Å². The van der Waals surface area contributed by atoms with Gasteiger partial charge in [-0.1, -0.05) is 15.7 Å². The molecule has 1 aliphatic rings. The lowest BCUT2D eigenvalue weighted by Gasteiger charge is -2.48. The van der Waals surface area contributed by atoms with Crippen LogP contribution in [0.3, 0.4) is 0 Å². The molecule has 7 aromatic rings. The highest BCUT2D eigenvalue weighted by atomic mass is 32.1. The standard InChI is InChI=1S/C26H17N7O3S4/c1-3-19(34-9-1)24(20-4-2-12-37-20)16-33(21-15-40-32-29-21)26(18-6-13-39-31-18,23-28-8-14-38-23)25(24,17-5-10-36-30-17)22-27-7-11-35-22/h1-15H,16H2. The summed E-state index contributed by atoms with van der Waals surface area (Å²) in [7, 11) is 0. The topological polar surface area (TPSA) is 120 Å². The van der Waals surface area contributed by atoms with E-state index in [9.17, 15) is 0 Å². The number of rotatable bonds is 7. The third kappa shape index (κ3) is 2.85.